The summed E-state index contributed by atoms with van der Waals surface area (Å²) in [5, 5.41) is 15.0. The number of H-pyrrole nitrogens is 2. The van der Waals surface area contributed by atoms with Gasteiger partial charge >= 0.3 is 0 Å². The van der Waals surface area contributed by atoms with E-state index < -0.39 is 0 Å². The zero-order valence-electron chi connectivity index (χ0n) is 17.9. The molecule has 2 aromatic rings. The summed E-state index contributed by atoms with van der Waals surface area (Å²) in [6, 6.07) is 0. The summed E-state index contributed by atoms with van der Waals surface area (Å²) in [5.74, 6) is 3.94. The topological polar surface area (TPSA) is 105 Å². The first kappa shape index (κ1) is 25.8. The predicted molar refractivity (Wildman–Crippen MR) is 141 cm³/mol. The van der Waals surface area contributed by atoms with Crippen LogP contribution in [0.25, 0.3) is 0 Å². The summed E-state index contributed by atoms with van der Waals surface area (Å²) in [6.45, 7) is 7.54. The van der Waals surface area contributed by atoms with Crippen molar-refractivity contribution in [1.82, 2.24) is 41.2 Å². The fourth-order valence-electron chi connectivity index (χ4n) is 2.58. The fraction of sp³-hybridized carbons (Fsp3) is 0.579. The van der Waals surface area contributed by atoms with E-state index in [4.69, 9.17) is 24.4 Å². The van der Waals surface area contributed by atoms with Crippen LogP contribution in [-0.4, -0.2) is 67.8 Å². The zero-order valence-corrected chi connectivity index (χ0v) is 21.2. The van der Waals surface area contributed by atoms with Gasteiger partial charge in [0.05, 0.1) is 10.5 Å². The summed E-state index contributed by atoms with van der Waals surface area (Å²) in [4.78, 5) is 14.8. The van der Waals surface area contributed by atoms with Crippen LogP contribution in [0.5, 0.6) is 0 Å². The Hall–Kier alpha value is -1.50. The molecule has 0 bridgehead atoms. The molecule has 0 fully saturated rings. The Morgan fingerprint density at radius 1 is 0.806 bits per heavy atom. The molecule has 0 radical (unpaired) electrons. The van der Waals surface area contributed by atoms with Crippen molar-refractivity contribution in [3.05, 3.63) is 36.4 Å². The van der Waals surface area contributed by atoms with E-state index >= 15 is 0 Å². The van der Waals surface area contributed by atoms with Crippen molar-refractivity contribution < 1.29 is 0 Å². The van der Waals surface area contributed by atoms with Crippen LogP contribution < -0.4 is 21.3 Å². The highest BCUT2D eigenvalue weighted by Gasteiger charge is 2.08. The molecule has 2 aromatic heterocycles. The van der Waals surface area contributed by atoms with E-state index in [0.29, 0.717) is 20.7 Å². The molecule has 12 heteroatoms. The maximum absolute atomic E-state index is 5.32. The van der Waals surface area contributed by atoms with Gasteiger partial charge in [-0.1, -0.05) is 0 Å². The normalized spacial score (nSPS) is 12.7. The van der Waals surface area contributed by atoms with Gasteiger partial charge in [-0.2, -0.15) is 0 Å². The molecule has 2 rings (SSSR count). The van der Waals surface area contributed by atoms with Crippen molar-refractivity contribution in [3.8, 4) is 0 Å². The first-order valence-corrected chi connectivity index (χ1v) is 13.2. The molecule has 2 unspecified atom stereocenters. The van der Waals surface area contributed by atoms with Crippen molar-refractivity contribution in [2.75, 3.05) is 37.7 Å². The number of nitrogens with one attached hydrogen (secondary N) is 6. The lowest BCUT2D eigenvalue weighted by atomic mass is 10.4. The third-order valence-electron chi connectivity index (χ3n) is 4.24. The molecule has 2 heterocycles. The van der Waals surface area contributed by atoms with E-state index in [1.54, 1.807) is 12.4 Å². The number of imidazole rings is 2. The lowest BCUT2D eigenvalue weighted by Gasteiger charge is -2.13. The summed E-state index contributed by atoms with van der Waals surface area (Å²) >= 11 is 14.3. The number of aromatic amines is 2. The van der Waals surface area contributed by atoms with Gasteiger partial charge < -0.3 is 31.2 Å². The Kier molecular flexibility index (Phi) is 12.7. The van der Waals surface area contributed by atoms with Crippen LogP contribution in [0.15, 0.2) is 24.8 Å². The Morgan fingerprint density at radius 2 is 1.23 bits per heavy atom. The minimum atomic E-state index is 0.347. The molecule has 8 nitrogen and oxygen atoms in total. The van der Waals surface area contributed by atoms with Crippen LogP contribution in [0.2, 0.25) is 0 Å². The molecule has 0 spiro atoms. The van der Waals surface area contributed by atoms with Crippen molar-refractivity contribution in [2.24, 2.45) is 0 Å². The highest BCUT2D eigenvalue weighted by molar-refractivity contribution is 7.99. The van der Waals surface area contributed by atoms with E-state index in [9.17, 15) is 0 Å². The van der Waals surface area contributed by atoms with Crippen molar-refractivity contribution >= 4 is 58.2 Å². The number of nitrogens with zero attached hydrogens (tertiary/aromatic N) is 2. The molecule has 172 valence electrons. The largest absolute Gasteiger partial charge is 0.363 e. The van der Waals surface area contributed by atoms with E-state index in [0.717, 1.165) is 55.8 Å². The third kappa shape index (κ3) is 11.1. The number of rotatable bonds is 14. The SMILES string of the molecule is CC(SCCNC(=S)NCCCNC(=S)NCCSC(C)c1ncc[nH]1)c1ncc[nH]1. The molecular weight excluding hydrogens is 469 g/mol. The third-order valence-corrected chi connectivity index (χ3v) is 7.15. The second-order valence-electron chi connectivity index (χ2n) is 6.69. The number of thiocarbonyl (C=S) groups is 2. The van der Waals surface area contributed by atoms with Gasteiger partial charge in [-0.3, -0.25) is 0 Å². The standard InChI is InChI=1S/C19H32N8S4/c1-14(16-20-6-7-21-16)30-12-10-26-18(28)24-4-3-5-25-19(29)27-11-13-31-15(2)17-22-8-9-23-17/h6-9,14-15H,3-5,10-13H2,1-2H3,(H,20,21)(H,22,23)(H2,24,26,28)(H2,25,27,29). The monoisotopic (exact) mass is 500 g/mol. The quantitative estimate of drug-likeness (QED) is 0.171. The molecule has 0 aliphatic carbocycles. The Labute approximate surface area is 203 Å². The average Bonchev–Trinajstić information content (AvgIpc) is 3.48. The molecule has 0 aliphatic rings. The van der Waals surface area contributed by atoms with Crippen LogP contribution in [-0.2, 0) is 0 Å². The second kappa shape index (κ2) is 15.3. The Morgan fingerprint density at radius 3 is 1.61 bits per heavy atom. The zero-order chi connectivity index (χ0) is 22.3. The van der Waals surface area contributed by atoms with E-state index in [-0.39, 0.29) is 0 Å². The first-order chi connectivity index (χ1) is 15.1. The van der Waals surface area contributed by atoms with Gasteiger partial charge in [0.1, 0.15) is 11.6 Å². The molecule has 0 amide bonds. The number of hydrogen-bond acceptors (Lipinski definition) is 6. The van der Waals surface area contributed by atoms with Crippen LogP contribution in [0.1, 0.15) is 42.4 Å². The molecule has 0 aliphatic heterocycles. The highest BCUT2D eigenvalue weighted by Crippen LogP contribution is 2.24. The highest BCUT2D eigenvalue weighted by atomic mass is 32.2. The first-order valence-electron chi connectivity index (χ1n) is 10.3. The van der Waals surface area contributed by atoms with E-state index in [1.807, 2.05) is 35.9 Å². The number of hydrogen-bond donors (Lipinski definition) is 6. The van der Waals surface area contributed by atoms with Crippen molar-refractivity contribution in [1.29, 1.82) is 0 Å². The minimum Gasteiger partial charge on any atom is -0.363 e. The lowest BCUT2D eigenvalue weighted by molar-refractivity contribution is 0.725. The number of aromatic nitrogens is 4. The molecule has 31 heavy (non-hydrogen) atoms. The van der Waals surface area contributed by atoms with Crippen molar-refractivity contribution in [2.45, 2.75) is 30.8 Å². The van der Waals surface area contributed by atoms with Gasteiger partial charge in [0.15, 0.2) is 10.2 Å². The van der Waals surface area contributed by atoms with Gasteiger partial charge in [-0.15, -0.1) is 23.5 Å². The van der Waals surface area contributed by atoms with Crippen LogP contribution in [0.3, 0.4) is 0 Å². The lowest BCUT2D eigenvalue weighted by Crippen LogP contribution is -2.40. The predicted octanol–water partition coefficient (Wildman–Crippen LogP) is 2.74. The molecular formula is C19H32N8S4. The van der Waals surface area contributed by atoms with Crippen LogP contribution >= 0.6 is 48.0 Å². The van der Waals surface area contributed by atoms with Crippen molar-refractivity contribution in [3.63, 3.8) is 0 Å². The van der Waals surface area contributed by atoms with Gasteiger partial charge in [0.25, 0.3) is 0 Å². The van der Waals surface area contributed by atoms with E-state index in [2.05, 4.69) is 55.1 Å². The summed E-state index contributed by atoms with van der Waals surface area (Å²) < 4.78 is 0. The Balaban J connectivity index is 1.38. The number of thioether (sulfide) groups is 2. The maximum atomic E-state index is 5.32. The van der Waals surface area contributed by atoms with Gasteiger partial charge in [-0.25, -0.2) is 9.97 Å². The molecule has 0 aromatic carbocycles. The van der Waals surface area contributed by atoms with Gasteiger partial charge in [0.2, 0.25) is 0 Å². The smallest absolute Gasteiger partial charge is 0.166 e. The maximum Gasteiger partial charge on any atom is 0.166 e. The fourth-order valence-corrected chi connectivity index (χ4v) is 4.70. The van der Waals surface area contributed by atoms with E-state index in [1.165, 1.54) is 0 Å². The van der Waals surface area contributed by atoms with Gasteiger partial charge in [-0.05, 0) is 44.7 Å². The molecule has 6 N–H and O–H groups in total. The molecule has 0 saturated carbocycles. The molecule has 0 saturated heterocycles. The summed E-state index contributed by atoms with van der Waals surface area (Å²) in [5.41, 5.74) is 0. The minimum absolute atomic E-state index is 0.347. The Bertz CT molecular complexity index is 676. The van der Waals surface area contributed by atoms with Gasteiger partial charge in [0, 0.05) is 62.5 Å². The summed E-state index contributed by atoms with van der Waals surface area (Å²) in [7, 11) is 0. The second-order valence-corrected chi connectivity index (χ2v) is 10.4. The molecule has 2 atom stereocenters. The summed E-state index contributed by atoms with van der Waals surface area (Å²) in [6.07, 6.45) is 8.20. The average molecular weight is 501 g/mol. The van der Waals surface area contributed by atoms with Crippen LogP contribution in [0.4, 0.5) is 0 Å². The van der Waals surface area contributed by atoms with Crippen LogP contribution in [0, 0.1) is 0 Å².